The zero-order valence-electron chi connectivity index (χ0n) is 17.3. The highest BCUT2D eigenvalue weighted by atomic mass is 16.6. The molecule has 0 saturated heterocycles. The molecule has 0 aliphatic rings. The maximum absolute atomic E-state index is 12.9. The molecule has 4 aromatic carbocycles. The fourth-order valence-corrected chi connectivity index (χ4v) is 3.68. The van der Waals surface area contributed by atoms with Gasteiger partial charge in [-0.25, -0.2) is 4.98 Å². The molecule has 1 aromatic heterocycles. The molecule has 34 heavy (non-hydrogen) atoms. The predicted octanol–water partition coefficient (Wildman–Crippen LogP) is 5.72. The second-order valence-corrected chi connectivity index (χ2v) is 7.41. The summed E-state index contributed by atoms with van der Waals surface area (Å²) in [4.78, 5) is 38.2. The lowest BCUT2D eigenvalue weighted by atomic mass is 10.1. The van der Waals surface area contributed by atoms with Gasteiger partial charge >= 0.3 is 0 Å². The Bertz CT molecular complexity index is 1590. The van der Waals surface area contributed by atoms with E-state index in [4.69, 9.17) is 4.42 Å². The summed E-state index contributed by atoms with van der Waals surface area (Å²) in [7, 11) is 0. The van der Waals surface area contributed by atoms with Crippen LogP contribution in [0.15, 0.2) is 83.3 Å². The van der Waals surface area contributed by atoms with Crippen molar-refractivity contribution < 1.29 is 19.1 Å². The van der Waals surface area contributed by atoms with E-state index in [0.29, 0.717) is 22.4 Å². The third-order valence-corrected chi connectivity index (χ3v) is 5.27. The van der Waals surface area contributed by atoms with Gasteiger partial charge in [-0.2, -0.15) is 0 Å². The highest BCUT2D eigenvalue weighted by Crippen LogP contribution is 2.34. The van der Waals surface area contributed by atoms with Crippen molar-refractivity contribution in [3.8, 4) is 11.5 Å². The van der Waals surface area contributed by atoms with Gasteiger partial charge in [-0.1, -0.05) is 42.5 Å². The number of nitrogens with zero attached hydrogens (tertiary/aromatic N) is 3. The van der Waals surface area contributed by atoms with Gasteiger partial charge in [-0.15, -0.1) is 0 Å². The van der Waals surface area contributed by atoms with Crippen molar-refractivity contribution in [2.75, 3.05) is 5.32 Å². The molecule has 1 N–H and O–H groups in total. The summed E-state index contributed by atoms with van der Waals surface area (Å²) in [6.45, 7) is 0. The Kier molecular flexibility index (Phi) is 4.94. The summed E-state index contributed by atoms with van der Waals surface area (Å²) < 4.78 is 6.06. The van der Waals surface area contributed by atoms with Gasteiger partial charge < -0.3 is 9.73 Å². The zero-order valence-corrected chi connectivity index (χ0v) is 17.3. The number of rotatable bonds is 5. The normalized spacial score (nSPS) is 10.9. The Hall–Kier alpha value is -5.12. The number of nitro groups is 2. The molecular weight excluding hydrogens is 440 g/mol. The van der Waals surface area contributed by atoms with Crippen LogP contribution >= 0.6 is 0 Å². The van der Waals surface area contributed by atoms with E-state index in [1.54, 1.807) is 24.3 Å². The first-order valence-electron chi connectivity index (χ1n) is 10.0. The summed E-state index contributed by atoms with van der Waals surface area (Å²) >= 11 is 0. The van der Waals surface area contributed by atoms with Gasteiger partial charge in [0.15, 0.2) is 5.58 Å². The Morgan fingerprint density at radius 3 is 2.26 bits per heavy atom. The number of fused-ring (bicyclic) bond motifs is 3. The lowest BCUT2D eigenvalue weighted by molar-refractivity contribution is -0.394. The number of anilines is 1. The van der Waals surface area contributed by atoms with Gasteiger partial charge in [0.05, 0.1) is 32.7 Å². The van der Waals surface area contributed by atoms with Gasteiger partial charge in [0.2, 0.25) is 5.89 Å². The van der Waals surface area contributed by atoms with Crippen molar-refractivity contribution in [1.29, 1.82) is 0 Å². The summed E-state index contributed by atoms with van der Waals surface area (Å²) in [5, 5.41) is 26.9. The topological polar surface area (TPSA) is 141 Å². The second-order valence-electron chi connectivity index (χ2n) is 7.41. The number of aromatic nitrogens is 1. The molecule has 166 valence electrons. The molecule has 0 radical (unpaired) electrons. The van der Waals surface area contributed by atoms with Gasteiger partial charge in [-0.3, -0.25) is 25.0 Å². The number of carbonyl (C=O) groups excluding carboxylic acids is 1. The van der Waals surface area contributed by atoms with E-state index < -0.39 is 27.1 Å². The monoisotopic (exact) mass is 454 g/mol. The number of amides is 1. The van der Waals surface area contributed by atoms with E-state index in [1.807, 2.05) is 36.4 Å². The van der Waals surface area contributed by atoms with Crippen molar-refractivity contribution in [3.05, 3.63) is 105 Å². The molecule has 0 saturated carbocycles. The van der Waals surface area contributed by atoms with Crippen LogP contribution in [0.5, 0.6) is 0 Å². The first kappa shape index (κ1) is 20.8. The van der Waals surface area contributed by atoms with E-state index in [0.717, 1.165) is 29.0 Å². The Morgan fingerprint density at radius 2 is 1.53 bits per heavy atom. The Balaban J connectivity index is 1.55. The van der Waals surface area contributed by atoms with Crippen LogP contribution in [0.2, 0.25) is 0 Å². The van der Waals surface area contributed by atoms with Crippen LogP contribution in [-0.2, 0) is 0 Å². The van der Waals surface area contributed by atoms with E-state index in [9.17, 15) is 25.0 Å². The van der Waals surface area contributed by atoms with Crippen LogP contribution in [0.1, 0.15) is 10.4 Å². The molecule has 0 fully saturated rings. The minimum absolute atomic E-state index is 0.223. The number of hydrogen-bond donors (Lipinski definition) is 1. The maximum Gasteiger partial charge on any atom is 0.277 e. The first-order valence-corrected chi connectivity index (χ1v) is 10.0. The van der Waals surface area contributed by atoms with Crippen molar-refractivity contribution in [3.63, 3.8) is 0 Å². The van der Waals surface area contributed by atoms with Crippen LogP contribution in [0.3, 0.4) is 0 Å². The quantitative estimate of drug-likeness (QED) is 0.264. The highest BCUT2D eigenvalue weighted by molar-refractivity contribution is 6.07. The molecule has 0 bridgehead atoms. The van der Waals surface area contributed by atoms with Crippen LogP contribution in [-0.4, -0.2) is 20.7 Å². The van der Waals surface area contributed by atoms with Gasteiger partial charge in [-0.05, 0) is 23.6 Å². The summed E-state index contributed by atoms with van der Waals surface area (Å²) in [5.74, 6) is -0.479. The number of nitro benzene ring substituents is 2. The number of oxazole rings is 1. The number of nitrogens with one attached hydrogen (secondary N) is 1. The molecule has 5 aromatic rings. The van der Waals surface area contributed by atoms with E-state index in [2.05, 4.69) is 10.3 Å². The van der Waals surface area contributed by atoms with Crippen molar-refractivity contribution in [2.45, 2.75) is 0 Å². The molecule has 0 aliphatic heterocycles. The standard InChI is InChI=1S/C24H14N4O6/c29-23(15-11-16(27(30)31)13-17(12-15)28(32)33)25-20-8-4-3-7-19(20)24-26-21-10-9-14-5-1-2-6-18(14)22(21)34-24/h1-13H,(H,25,29). The number of non-ortho nitro benzene ring substituents is 2. The van der Waals surface area contributed by atoms with Crippen LogP contribution in [0.25, 0.3) is 33.3 Å². The molecular formula is C24H14N4O6. The summed E-state index contributed by atoms with van der Waals surface area (Å²) in [6, 6.07) is 21.0. The number of benzene rings is 4. The first-order chi connectivity index (χ1) is 16.4. The minimum Gasteiger partial charge on any atom is -0.435 e. The zero-order chi connectivity index (χ0) is 23.8. The third kappa shape index (κ3) is 3.69. The molecule has 0 spiro atoms. The van der Waals surface area contributed by atoms with E-state index in [1.165, 1.54) is 0 Å². The van der Waals surface area contributed by atoms with Crippen molar-refractivity contribution in [2.24, 2.45) is 0 Å². The smallest absolute Gasteiger partial charge is 0.277 e. The maximum atomic E-state index is 12.9. The largest absolute Gasteiger partial charge is 0.435 e. The van der Waals surface area contributed by atoms with Gasteiger partial charge in [0, 0.05) is 17.5 Å². The molecule has 1 heterocycles. The fourth-order valence-electron chi connectivity index (χ4n) is 3.68. The van der Waals surface area contributed by atoms with Crippen LogP contribution < -0.4 is 5.32 Å². The van der Waals surface area contributed by atoms with Crippen LogP contribution in [0.4, 0.5) is 17.1 Å². The van der Waals surface area contributed by atoms with Crippen LogP contribution in [0, 0.1) is 20.2 Å². The summed E-state index contributed by atoms with van der Waals surface area (Å²) in [6.07, 6.45) is 0. The van der Waals surface area contributed by atoms with Gasteiger partial charge in [0.1, 0.15) is 5.52 Å². The Labute approximate surface area is 190 Å². The molecule has 5 rings (SSSR count). The SMILES string of the molecule is O=C(Nc1ccccc1-c1nc2ccc3ccccc3c2o1)c1cc([N+](=O)[O-])cc([N+](=O)[O-])c1. The minimum atomic E-state index is -0.791. The van der Waals surface area contributed by atoms with Gasteiger partial charge in [0.25, 0.3) is 17.3 Å². The average Bonchev–Trinajstić information content (AvgIpc) is 3.29. The predicted molar refractivity (Wildman–Crippen MR) is 125 cm³/mol. The molecule has 0 aliphatic carbocycles. The molecule has 0 unspecified atom stereocenters. The van der Waals surface area contributed by atoms with E-state index in [-0.39, 0.29) is 11.5 Å². The molecule has 10 nitrogen and oxygen atoms in total. The lowest BCUT2D eigenvalue weighted by Gasteiger charge is -2.09. The second kappa shape index (κ2) is 8.10. The number of para-hydroxylation sites is 1. The fraction of sp³-hybridized carbons (Fsp3) is 0. The number of carbonyl (C=O) groups is 1. The van der Waals surface area contributed by atoms with Crippen molar-refractivity contribution in [1.82, 2.24) is 4.98 Å². The molecule has 1 amide bonds. The number of hydrogen-bond acceptors (Lipinski definition) is 7. The highest BCUT2D eigenvalue weighted by Gasteiger charge is 2.21. The van der Waals surface area contributed by atoms with Crippen molar-refractivity contribution >= 4 is 44.8 Å². The molecule has 0 atom stereocenters. The average molecular weight is 454 g/mol. The molecule has 10 heteroatoms. The lowest BCUT2D eigenvalue weighted by Crippen LogP contribution is -2.13. The van der Waals surface area contributed by atoms with E-state index >= 15 is 0 Å². The summed E-state index contributed by atoms with van der Waals surface area (Å²) in [5.41, 5.74) is 0.720. The third-order valence-electron chi connectivity index (χ3n) is 5.27. The Morgan fingerprint density at radius 1 is 0.853 bits per heavy atom.